The predicted molar refractivity (Wildman–Crippen MR) is 89.1 cm³/mol. The van der Waals surface area contributed by atoms with Crippen LogP contribution in [0.4, 0.5) is 0 Å². The topological polar surface area (TPSA) is 40.6 Å². The molecular formula is C17H20N2O2S. The molecule has 1 aromatic heterocycles. The van der Waals surface area contributed by atoms with E-state index in [4.69, 9.17) is 0 Å². The maximum absolute atomic E-state index is 12.7. The van der Waals surface area contributed by atoms with Crippen LogP contribution in [0.1, 0.15) is 22.5 Å². The van der Waals surface area contributed by atoms with Crippen molar-refractivity contribution >= 4 is 33.2 Å². The van der Waals surface area contributed by atoms with Gasteiger partial charge in [0, 0.05) is 31.9 Å². The van der Waals surface area contributed by atoms with Gasteiger partial charge in [0.2, 0.25) is 5.91 Å². The van der Waals surface area contributed by atoms with Crippen LogP contribution in [0.15, 0.2) is 30.3 Å². The highest BCUT2D eigenvalue weighted by Gasteiger charge is 2.30. The van der Waals surface area contributed by atoms with E-state index in [1.807, 2.05) is 35.2 Å². The van der Waals surface area contributed by atoms with Gasteiger partial charge in [-0.2, -0.15) is 0 Å². The quantitative estimate of drug-likeness (QED) is 0.855. The largest absolute Gasteiger partial charge is 0.349 e. The number of likely N-dealkylation sites (tertiary alicyclic amines) is 1. The minimum absolute atomic E-state index is 0.0532. The molecule has 1 aliphatic heterocycles. The minimum Gasteiger partial charge on any atom is -0.349 e. The van der Waals surface area contributed by atoms with Crippen molar-refractivity contribution in [3.8, 4) is 0 Å². The van der Waals surface area contributed by atoms with Gasteiger partial charge >= 0.3 is 0 Å². The lowest BCUT2D eigenvalue weighted by Gasteiger charge is -2.33. The highest BCUT2D eigenvalue weighted by molar-refractivity contribution is 7.20. The highest BCUT2D eigenvalue weighted by atomic mass is 32.1. The van der Waals surface area contributed by atoms with Crippen LogP contribution in [-0.2, 0) is 4.79 Å². The van der Waals surface area contributed by atoms with Crippen LogP contribution >= 0.6 is 11.3 Å². The van der Waals surface area contributed by atoms with Crippen molar-refractivity contribution in [1.82, 2.24) is 9.80 Å². The lowest BCUT2D eigenvalue weighted by atomic mass is 9.96. The van der Waals surface area contributed by atoms with Crippen LogP contribution < -0.4 is 0 Å². The van der Waals surface area contributed by atoms with Crippen molar-refractivity contribution in [1.29, 1.82) is 0 Å². The van der Waals surface area contributed by atoms with Gasteiger partial charge < -0.3 is 9.80 Å². The molecule has 2 aromatic rings. The summed E-state index contributed by atoms with van der Waals surface area (Å²) in [4.78, 5) is 29.1. The number of carbonyl (C=O) groups excluding carboxylic acids is 2. The van der Waals surface area contributed by atoms with Crippen LogP contribution in [0.2, 0.25) is 0 Å². The third-order valence-corrected chi connectivity index (χ3v) is 5.24. The van der Waals surface area contributed by atoms with Gasteiger partial charge in [-0.15, -0.1) is 11.3 Å². The molecule has 2 heterocycles. The van der Waals surface area contributed by atoms with Gasteiger partial charge in [0.05, 0.1) is 10.8 Å². The molecule has 0 saturated carbocycles. The Morgan fingerprint density at radius 2 is 2.05 bits per heavy atom. The highest BCUT2D eigenvalue weighted by Crippen LogP contribution is 2.28. The molecule has 4 nitrogen and oxygen atoms in total. The van der Waals surface area contributed by atoms with Crippen molar-refractivity contribution in [2.75, 3.05) is 27.2 Å². The Kier molecular flexibility index (Phi) is 4.16. The molecule has 3 rings (SSSR count). The normalized spacial score (nSPS) is 18.5. The van der Waals surface area contributed by atoms with Gasteiger partial charge in [0.25, 0.3) is 5.91 Å². The number of carbonyl (C=O) groups is 2. The van der Waals surface area contributed by atoms with E-state index in [1.54, 1.807) is 19.0 Å². The van der Waals surface area contributed by atoms with Gasteiger partial charge in [-0.3, -0.25) is 9.59 Å². The number of hydrogen-bond donors (Lipinski definition) is 0. The Hall–Kier alpha value is -1.88. The second kappa shape index (κ2) is 6.08. The van der Waals surface area contributed by atoms with Gasteiger partial charge in [-0.25, -0.2) is 0 Å². The van der Waals surface area contributed by atoms with Gasteiger partial charge in [0.1, 0.15) is 0 Å². The van der Waals surface area contributed by atoms with Crippen molar-refractivity contribution in [3.05, 3.63) is 35.2 Å². The molecule has 0 spiro atoms. The first-order chi connectivity index (χ1) is 10.6. The smallest absolute Gasteiger partial charge is 0.263 e. The molecule has 0 unspecified atom stereocenters. The minimum atomic E-state index is -0.0675. The summed E-state index contributed by atoms with van der Waals surface area (Å²) in [5.41, 5.74) is 0. The van der Waals surface area contributed by atoms with Crippen molar-refractivity contribution in [2.24, 2.45) is 5.92 Å². The molecule has 0 N–H and O–H groups in total. The van der Waals surface area contributed by atoms with Crippen LogP contribution in [0.3, 0.4) is 0 Å². The van der Waals surface area contributed by atoms with E-state index in [0.717, 1.165) is 34.3 Å². The van der Waals surface area contributed by atoms with Crippen LogP contribution in [0.25, 0.3) is 10.1 Å². The van der Waals surface area contributed by atoms with Crippen LogP contribution in [-0.4, -0.2) is 48.8 Å². The average molecular weight is 316 g/mol. The third-order valence-electron chi connectivity index (χ3n) is 4.13. The SMILES string of the molecule is CN(C)C(=O)[C@@H]1CCCN(C(=O)c2cc3ccccc3s2)C1. The second-order valence-corrected chi connectivity index (χ2v) is 7.06. The van der Waals surface area contributed by atoms with Crippen molar-refractivity contribution < 1.29 is 9.59 Å². The third kappa shape index (κ3) is 2.86. The molecule has 1 fully saturated rings. The molecule has 1 saturated heterocycles. The van der Waals surface area contributed by atoms with E-state index in [9.17, 15) is 9.59 Å². The van der Waals surface area contributed by atoms with E-state index < -0.39 is 0 Å². The summed E-state index contributed by atoms with van der Waals surface area (Å²) < 4.78 is 1.13. The summed E-state index contributed by atoms with van der Waals surface area (Å²) in [6, 6.07) is 9.98. The van der Waals surface area contributed by atoms with E-state index in [-0.39, 0.29) is 17.7 Å². The Labute approximate surface area is 134 Å². The monoisotopic (exact) mass is 316 g/mol. The van der Waals surface area contributed by atoms with E-state index in [1.165, 1.54) is 11.3 Å². The first-order valence-electron chi connectivity index (χ1n) is 7.55. The Morgan fingerprint density at radius 1 is 1.27 bits per heavy atom. The Morgan fingerprint density at radius 3 is 2.77 bits per heavy atom. The Bertz CT molecular complexity index is 675. The number of hydrogen-bond acceptors (Lipinski definition) is 3. The Balaban J connectivity index is 1.78. The predicted octanol–water partition coefficient (Wildman–Crippen LogP) is 2.84. The summed E-state index contributed by atoms with van der Waals surface area (Å²) >= 11 is 1.53. The molecule has 22 heavy (non-hydrogen) atoms. The van der Waals surface area contributed by atoms with Crippen molar-refractivity contribution in [3.63, 3.8) is 0 Å². The second-order valence-electron chi connectivity index (χ2n) is 5.97. The summed E-state index contributed by atoms with van der Waals surface area (Å²) in [6.07, 6.45) is 1.76. The molecule has 0 aliphatic carbocycles. The number of thiophene rings is 1. The number of rotatable bonds is 2. The number of fused-ring (bicyclic) bond motifs is 1. The van der Waals surface area contributed by atoms with Gasteiger partial charge in [-0.1, -0.05) is 18.2 Å². The maximum Gasteiger partial charge on any atom is 0.263 e. The summed E-state index contributed by atoms with van der Waals surface area (Å²) in [7, 11) is 3.55. The van der Waals surface area contributed by atoms with E-state index in [0.29, 0.717) is 6.54 Å². The molecule has 1 atom stereocenters. The van der Waals surface area contributed by atoms with Crippen LogP contribution in [0.5, 0.6) is 0 Å². The molecule has 1 aliphatic rings. The molecule has 5 heteroatoms. The molecular weight excluding hydrogens is 296 g/mol. The number of amides is 2. The standard InChI is InChI=1S/C17H20N2O2S/c1-18(2)16(20)13-7-5-9-19(11-13)17(21)15-10-12-6-3-4-8-14(12)22-15/h3-4,6,8,10,13H,5,7,9,11H2,1-2H3/t13-/m1/s1. The molecule has 1 aromatic carbocycles. The fourth-order valence-electron chi connectivity index (χ4n) is 2.97. The number of benzene rings is 1. The lowest BCUT2D eigenvalue weighted by molar-refractivity contribution is -0.134. The summed E-state index contributed by atoms with van der Waals surface area (Å²) in [5, 5.41) is 1.11. The molecule has 116 valence electrons. The zero-order valence-electron chi connectivity index (χ0n) is 12.9. The van der Waals surface area contributed by atoms with Crippen molar-refractivity contribution in [2.45, 2.75) is 12.8 Å². The van der Waals surface area contributed by atoms with E-state index >= 15 is 0 Å². The zero-order valence-corrected chi connectivity index (χ0v) is 13.7. The summed E-state index contributed by atoms with van der Waals surface area (Å²) in [6.45, 7) is 1.27. The first-order valence-corrected chi connectivity index (χ1v) is 8.37. The summed E-state index contributed by atoms with van der Waals surface area (Å²) in [5.74, 6) is 0.105. The van der Waals surface area contributed by atoms with E-state index in [2.05, 4.69) is 0 Å². The van der Waals surface area contributed by atoms with Crippen LogP contribution in [0, 0.1) is 5.92 Å². The zero-order chi connectivity index (χ0) is 15.7. The fourth-order valence-corrected chi connectivity index (χ4v) is 4.00. The molecule has 0 bridgehead atoms. The molecule has 2 amide bonds. The maximum atomic E-state index is 12.7. The van der Waals surface area contributed by atoms with Gasteiger partial charge in [0.15, 0.2) is 0 Å². The number of nitrogens with zero attached hydrogens (tertiary/aromatic N) is 2. The number of piperidine rings is 1. The van der Waals surface area contributed by atoms with Gasteiger partial charge in [-0.05, 0) is 30.4 Å². The average Bonchev–Trinajstić information content (AvgIpc) is 2.97. The fraction of sp³-hybridized carbons (Fsp3) is 0.412. The first kappa shape index (κ1) is 15.0. The molecule has 0 radical (unpaired) electrons. The lowest BCUT2D eigenvalue weighted by Crippen LogP contribution is -2.45.